The Hall–Kier alpha value is -1.82. The van der Waals surface area contributed by atoms with E-state index in [9.17, 15) is 9.59 Å². The molecule has 0 unspecified atom stereocenters. The van der Waals surface area contributed by atoms with Crippen LogP contribution < -0.4 is 5.73 Å². The van der Waals surface area contributed by atoms with Crippen molar-refractivity contribution in [2.24, 2.45) is 0 Å². The minimum absolute atomic E-state index is 0.162. The summed E-state index contributed by atoms with van der Waals surface area (Å²) < 4.78 is 0. The first-order chi connectivity index (χ1) is 6.43. The lowest BCUT2D eigenvalue weighted by molar-refractivity contribution is 0.0647. The van der Waals surface area contributed by atoms with Crippen molar-refractivity contribution in [3.63, 3.8) is 0 Å². The highest BCUT2D eigenvalue weighted by atomic mass is 35.5. The van der Waals surface area contributed by atoms with Gasteiger partial charge in [-0.1, -0.05) is 11.6 Å². The van der Waals surface area contributed by atoms with Gasteiger partial charge in [-0.05, 0) is 6.07 Å². The fourth-order valence-corrected chi connectivity index (χ4v) is 1.11. The predicted octanol–water partition coefficient (Wildman–Crippen LogP) is 0.714. The number of rotatable bonds is 2. The lowest BCUT2D eigenvalue weighted by Crippen LogP contribution is -2.13. The molecule has 1 aromatic rings. The van der Waals surface area contributed by atoms with Gasteiger partial charge in [-0.3, -0.25) is 0 Å². The molecule has 0 aliphatic carbocycles. The van der Waals surface area contributed by atoms with E-state index in [0.717, 1.165) is 6.07 Å². The Morgan fingerprint density at radius 2 is 1.93 bits per heavy atom. The molecule has 0 saturated carbocycles. The number of carbonyl (C=O) groups is 2. The molecule has 1 heterocycles. The Balaban J connectivity index is 3.52. The van der Waals surface area contributed by atoms with E-state index < -0.39 is 23.2 Å². The maximum Gasteiger partial charge on any atom is 0.355 e. The van der Waals surface area contributed by atoms with Gasteiger partial charge in [0.2, 0.25) is 0 Å². The van der Waals surface area contributed by atoms with Gasteiger partial charge in [-0.2, -0.15) is 0 Å². The molecule has 0 aliphatic heterocycles. The van der Waals surface area contributed by atoms with Crippen LogP contribution in [0.3, 0.4) is 0 Å². The van der Waals surface area contributed by atoms with Crippen molar-refractivity contribution < 1.29 is 19.8 Å². The van der Waals surface area contributed by atoms with Gasteiger partial charge in [-0.25, -0.2) is 14.6 Å². The maximum atomic E-state index is 10.6. The molecule has 0 fully saturated rings. The van der Waals surface area contributed by atoms with Crippen molar-refractivity contribution in [3.05, 3.63) is 22.5 Å². The standard InChI is InChI=1S/C7H5ClN2O4/c8-3-1-2(9)4(6(11)12)5(10-3)7(13)14/h1H,(H2,9,10)(H,11,12)(H,13,14). The van der Waals surface area contributed by atoms with E-state index in [1.165, 1.54) is 0 Å². The second-order valence-corrected chi connectivity index (χ2v) is 2.76. The van der Waals surface area contributed by atoms with Crippen LogP contribution >= 0.6 is 11.6 Å². The predicted molar refractivity (Wildman–Crippen MR) is 47.6 cm³/mol. The number of hydrogen-bond donors (Lipinski definition) is 3. The van der Waals surface area contributed by atoms with E-state index in [1.54, 1.807) is 0 Å². The molecule has 0 bridgehead atoms. The van der Waals surface area contributed by atoms with Gasteiger partial charge in [0.1, 0.15) is 10.7 Å². The summed E-state index contributed by atoms with van der Waals surface area (Å²) in [4.78, 5) is 24.6. The van der Waals surface area contributed by atoms with Gasteiger partial charge < -0.3 is 15.9 Å². The zero-order valence-corrected chi connectivity index (χ0v) is 7.45. The molecule has 0 spiro atoms. The Kier molecular flexibility index (Phi) is 2.57. The van der Waals surface area contributed by atoms with E-state index in [-0.39, 0.29) is 10.8 Å². The number of nitrogens with zero attached hydrogens (tertiary/aromatic N) is 1. The van der Waals surface area contributed by atoms with E-state index in [2.05, 4.69) is 4.98 Å². The van der Waals surface area contributed by atoms with Crippen LogP contribution in [0.4, 0.5) is 5.69 Å². The normalized spacial score (nSPS) is 9.79. The van der Waals surface area contributed by atoms with Crippen molar-refractivity contribution in [1.29, 1.82) is 0 Å². The highest BCUT2D eigenvalue weighted by Crippen LogP contribution is 2.19. The number of carboxylic acid groups (broad SMARTS) is 2. The van der Waals surface area contributed by atoms with Crippen LogP contribution in [-0.2, 0) is 0 Å². The molecule has 0 atom stereocenters. The highest BCUT2D eigenvalue weighted by molar-refractivity contribution is 6.30. The fraction of sp³-hybridized carbons (Fsp3) is 0. The average Bonchev–Trinajstić information content (AvgIpc) is 2.01. The van der Waals surface area contributed by atoms with E-state index in [0.29, 0.717) is 0 Å². The minimum Gasteiger partial charge on any atom is -0.478 e. The van der Waals surface area contributed by atoms with Crippen LogP contribution in [0.1, 0.15) is 20.8 Å². The molecule has 6 nitrogen and oxygen atoms in total. The summed E-state index contributed by atoms with van der Waals surface area (Å²) >= 11 is 5.42. The van der Waals surface area contributed by atoms with Gasteiger partial charge in [-0.15, -0.1) is 0 Å². The third-order valence-electron chi connectivity index (χ3n) is 1.44. The summed E-state index contributed by atoms with van der Waals surface area (Å²) in [5.41, 5.74) is 3.85. The summed E-state index contributed by atoms with van der Waals surface area (Å²) in [7, 11) is 0. The van der Waals surface area contributed by atoms with Gasteiger partial charge in [0.05, 0.1) is 5.69 Å². The number of pyridine rings is 1. The number of aromatic carboxylic acids is 2. The molecule has 74 valence electrons. The van der Waals surface area contributed by atoms with Crippen LogP contribution in [0.2, 0.25) is 5.15 Å². The van der Waals surface area contributed by atoms with Gasteiger partial charge >= 0.3 is 11.9 Å². The first-order valence-corrected chi connectivity index (χ1v) is 3.74. The Morgan fingerprint density at radius 3 is 2.36 bits per heavy atom. The SMILES string of the molecule is Nc1cc(Cl)nc(C(=O)O)c1C(=O)O. The molecule has 4 N–H and O–H groups in total. The van der Waals surface area contributed by atoms with Crippen LogP contribution in [0.25, 0.3) is 0 Å². The number of nitrogens with two attached hydrogens (primary N) is 1. The van der Waals surface area contributed by atoms with Gasteiger partial charge in [0.25, 0.3) is 0 Å². The molecule has 0 aromatic carbocycles. The van der Waals surface area contributed by atoms with Gasteiger partial charge in [0.15, 0.2) is 5.69 Å². The number of carboxylic acids is 2. The lowest BCUT2D eigenvalue weighted by Gasteiger charge is -2.04. The molecule has 0 aliphatic rings. The molecule has 14 heavy (non-hydrogen) atoms. The van der Waals surface area contributed by atoms with E-state index in [1.807, 2.05) is 0 Å². The molecular formula is C7H5ClN2O4. The van der Waals surface area contributed by atoms with Crippen LogP contribution in [0.15, 0.2) is 6.07 Å². The first-order valence-electron chi connectivity index (χ1n) is 3.36. The van der Waals surface area contributed by atoms with Gasteiger partial charge in [0, 0.05) is 0 Å². The van der Waals surface area contributed by atoms with Crippen LogP contribution in [-0.4, -0.2) is 27.1 Å². The van der Waals surface area contributed by atoms with Crippen molar-refractivity contribution >= 4 is 29.2 Å². The summed E-state index contributed by atoms with van der Waals surface area (Å²) in [5, 5.41) is 17.1. The average molecular weight is 217 g/mol. The third-order valence-corrected chi connectivity index (χ3v) is 1.63. The Labute approximate surface area is 82.9 Å². The second-order valence-electron chi connectivity index (χ2n) is 2.37. The Bertz CT molecular complexity index is 418. The zero-order valence-electron chi connectivity index (χ0n) is 6.69. The number of anilines is 1. The van der Waals surface area contributed by atoms with Crippen molar-refractivity contribution in [1.82, 2.24) is 4.98 Å². The minimum atomic E-state index is -1.49. The number of halogens is 1. The number of hydrogen-bond acceptors (Lipinski definition) is 4. The summed E-state index contributed by atoms with van der Waals surface area (Å²) in [6.45, 7) is 0. The lowest BCUT2D eigenvalue weighted by atomic mass is 10.1. The highest BCUT2D eigenvalue weighted by Gasteiger charge is 2.21. The molecule has 1 rings (SSSR count). The van der Waals surface area contributed by atoms with Crippen LogP contribution in [0, 0.1) is 0 Å². The number of nitrogen functional groups attached to an aromatic ring is 1. The summed E-state index contributed by atoms with van der Waals surface area (Å²) in [6.07, 6.45) is 0. The topological polar surface area (TPSA) is 114 Å². The van der Waals surface area contributed by atoms with Crippen molar-refractivity contribution in [2.45, 2.75) is 0 Å². The van der Waals surface area contributed by atoms with E-state index in [4.69, 9.17) is 27.5 Å². The van der Waals surface area contributed by atoms with Crippen LogP contribution in [0.5, 0.6) is 0 Å². The first kappa shape index (κ1) is 10.3. The third kappa shape index (κ3) is 1.74. The monoisotopic (exact) mass is 216 g/mol. The molecular weight excluding hydrogens is 212 g/mol. The summed E-state index contributed by atoms with van der Waals surface area (Å²) in [5.74, 6) is -2.94. The van der Waals surface area contributed by atoms with Crippen molar-refractivity contribution in [3.8, 4) is 0 Å². The largest absolute Gasteiger partial charge is 0.478 e. The maximum absolute atomic E-state index is 10.6. The second kappa shape index (κ2) is 3.51. The smallest absolute Gasteiger partial charge is 0.355 e. The molecule has 0 saturated heterocycles. The molecule has 0 radical (unpaired) electrons. The molecule has 0 amide bonds. The fourth-order valence-electron chi connectivity index (χ4n) is 0.912. The number of aromatic nitrogens is 1. The molecule has 7 heteroatoms. The van der Waals surface area contributed by atoms with Crippen molar-refractivity contribution in [2.75, 3.05) is 5.73 Å². The zero-order chi connectivity index (χ0) is 10.9. The molecule has 1 aromatic heterocycles. The Morgan fingerprint density at radius 1 is 1.36 bits per heavy atom. The quantitative estimate of drug-likeness (QED) is 0.628. The van der Waals surface area contributed by atoms with E-state index >= 15 is 0 Å². The summed E-state index contributed by atoms with van der Waals surface area (Å²) in [6, 6.07) is 1.08.